The highest BCUT2D eigenvalue weighted by Crippen LogP contribution is 2.23. The van der Waals surface area contributed by atoms with Crippen LogP contribution in [0.25, 0.3) is 0 Å². The van der Waals surface area contributed by atoms with Crippen LogP contribution in [0.15, 0.2) is 0 Å². The van der Waals surface area contributed by atoms with Gasteiger partial charge in [0.1, 0.15) is 5.54 Å². The maximum Gasteiger partial charge on any atom is 0.324 e. The highest BCUT2D eigenvalue weighted by molar-refractivity contribution is 7.91. The fourth-order valence-corrected chi connectivity index (χ4v) is 3.49. The number of hydrogen-bond acceptors (Lipinski definition) is 5. The lowest BCUT2D eigenvalue weighted by Gasteiger charge is -2.35. The Hall–Kier alpha value is -0.660. The summed E-state index contributed by atoms with van der Waals surface area (Å²) >= 11 is 0. The molecule has 1 aliphatic carbocycles. The molecule has 2 fully saturated rings. The van der Waals surface area contributed by atoms with Crippen LogP contribution in [-0.4, -0.2) is 67.1 Å². The summed E-state index contributed by atoms with van der Waals surface area (Å²) in [6.45, 7) is 2.89. The van der Waals surface area contributed by atoms with E-state index >= 15 is 0 Å². The molecule has 0 bridgehead atoms. The number of carbonyl (C=O) groups is 1. The molecule has 0 aromatic carbocycles. The van der Waals surface area contributed by atoms with Gasteiger partial charge in [0.25, 0.3) is 0 Å². The quantitative estimate of drug-likeness (QED) is 0.691. The van der Waals surface area contributed by atoms with Gasteiger partial charge in [0.15, 0.2) is 9.84 Å². The van der Waals surface area contributed by atoms with E-state index in [-0.39, 0.29) is 11.5 Å². The first-order chi connectivity index (χ1) is 8.31. The van der Waals surface area contributed by atoms with Crippen molar-refractivity contribution in [3.63, 3.8) is 0 Å². The highest BCUT2D eigenvalue weighted by Gasteiger charge is 2.40. The van der Waals surface area contributed by atoms with E-state index in [1.807, 2.05) is 4.90 Å². The van der Waals surface area contributed by atoms with Crippen LogP contribution in [0.5, 0.6) is 0 Å². The molecule has 0 spiro atoms. The van der Waals surface area contributed by atoms with Crippen LogP contribution < -0.4 is 5.32 Å². The van der Waals surface area contributed by atoms with E-state index in [0.29, 0.717) is 25.7 Å². The molecule has 104 valence electrons. The Morgan fingerprint density at radius 3 is 2.39 bits per heavy atom. The molecule has 1 heterocycles. The fraction of sp³-hybridized carbons (Fsp3) is 0.909. The molecule has 1 saturated carbocycles. The number of rotatable bonds is 5. The van der Waals surface area contributed by atoms with E-state index in [9.17, 15) is 18.3 Å². The predicted molar refractivity (Wildman–Crippen MR) is 67.3 cm³/mol. The van der Waals surface area contributed by atoms with Crippen molar-refractivity contribution in [3.8, 4) is 0 Å². The van der Waals surface area contributed by atoms with Gasteiger partial charge in [0.2, 0.25) is 0 Å². The van der Waals surface area contributed by atoms with Crippen molar-refractivity contribution < 1.29 is 18.3 Å². The third-order valence-corrected chi connectivity index (χ3v) is 5.16. The number of sulfone groups is 1. The lowest BCUT2D eigenvalue weighted by molar-refractivity contribution is -0.145. The van der Waals surface area contributed by atoms with Gasteiger partial charge in [-0.05, 0) is 19.8 Å². The largest absolute Gasteiger partial charge is 0.480 e. The van der Waals surface area contributed by atoms with E-state index in [0.717, 1.165) is 12.8 Å². The van der Waals surface area contributed by atoms with Crippen LogP contribution >= 0.6 is 0 Å². The number of hydrogen-bond donors (Lipinski definition) is 2. The molecular weight excluding hydrogens is 256 g/mol. The van der Waals surface area contributed by atoms with Gasteiger partial charge in [-0.1, -0.05) is 0 Å². The zero-order valence-corrected chi connectivity index (χ0v) is 11.4. The van der Waals surface area contributed by atoms with Gasteiger partial charge in [-0.25, -0.2) is 8.42 Å². The van der Waals surface area contributed by atoms with Crippen molar-refractivity contribution in [1.82, 2.24) is 10.2 Å². The Balaban J connectivity index is 1.94. The van der Waals surface area contributed by atoms with E-state index in [4.69, 9.17) is 0 Å². The Morgan fingerprint density at radius 1 is 1.39 bits per heavy atom. The van der Waals surface area contributed by atoms with E-state index in [1.54, 1.807) is 6.92 Å². The standard InChI is InChI=1S/C11H20N2O4S/c1-11(10(14)15,12-9-2-3-9)8-13-4-6-18(16,17)7-5-13/h9,12H,2-8H2,1H3,(H,14,15). The summed E-state index contributed by atoms with van der Waals surface area (Å²) in [5, 5.41) is 12.5. The predicted octanol–water partition coefficient (Wildman–Crippen LogP) is -0.688. The van der Waals surface area contributed by atoms with Crippen molar-refractivity contribution in [2.45, 2.75) is 31.3 Å². The summed E-state index contributed by atoms with van der Waals surface area (Å²) in [6, 6.07) is 0.305. The summed E-state index contributed by atoms with van der Waals surface area (Å²) in [5.41, 5.74) is -0.984. The molecule has 18 heavy (non-hydrogen) atoms. The number of carboxylic acids is 1. The molecule has 1 atom stereocenters. The molecule has 1 aliphatic heterocycles. The minimum Gasteiger partial charge on any atom is -0.480 e. The monoisotopic (exact) mass is 276 g/mol. The SMILES string of the molecule is CC(CN1CCS(=O)(=O)CC1)(NC1CC1)C(=O)O. The van der Waals surface area contributed by atoms with E-state index in [1.165, 1.54) is 0 Å². The summed E-state index contributed by atoms with van der Waals surface area (Å²) < 4.78 is 22.6. The molecule has 2 aliphatic rings. The number of nitrogens with zero attached hydrogens (tertiary/aromatic N) is 1. The van der Waals surface area contributed by atoms with E-state index in [2.05, 4.69) is 5.32 Å². The third kappa shape index (κ3) is 3.43. The average molecular weight is 276 g/mol. The second-order valence-corrected chi connectivity index (χ2v) is 7.79. The van der Waals surface area contributed by atoms with Gasteiger partial charge in [-0.3, -0.25) is 15.0 Å². The first kappa shape index (κ1) is 13.8. The molecule has 1 saturated heterocycles. The minimum absolute atomic E-state index is 0.131. The Morgan fingerprint density at radius 2 is 1.94 bits per heavy atom. The molecule has 0 aromatic heterocycles. The highest BCUT2D eigenvalue weighted by atomic mass is 32.2. The Labute approximate surface area is 107 Å². The summed E-state index contributed by atoms with van der Waals surface area (Å²) in [4.78, 5) is 13.3. The molecule has 6 nitrogen and oxygen atoms in total. The number of aliphatic carboxylic acids is 1. The molecule has 2 N–H and O–H groups in total. The van der Waals surface area contributed by atoms with Crippen LogP contribution in [0.4, 0.5) is 0 Å². The molecule has 7 heteroatoms. The smallest absolute Gasteiger partial charge is 0.324 e. The first-order valence-electron chi connectivity index (χ1n) is 6.25. The Kier molecular flexibility index (Phi) is 3.66. The van der Waals surface area contributed by atoms with E-state index < -0.39 is 21.3 Å². The first-order valence-corrected chi connectivity index (χ1v) is 8.07. The molecule has 2 rings (SSSR count). The van der Waals surface area contributed by atoms with Crippen molar-refractivity contribution >= 4 is 15.8 Å². The van der Waals surface area contributed by atoms with Crippen LogP contribution in [0.3, 0.4) is 0 Å². The fourth-order valence-electron chi connectivity index (χ4n) is 2.21. The average Bonchev–Trinajstić information content (AvgIpc) is 3.05. The van der Waals surface area contributed by atoms with Gasteiger partial charge in [0.05, 0.1) is 11.5 Å². The lowest BCUT2D eigenvalue weighted by Crippen LogP contribution is -2.59. The lowest BCUT2D eigenvalue weighted by atomic mass is 10.0. The van der Waals surface area contributed by atoms with Gasteiger partial charge in [-0.15, -0.1) is 0 Å². The van der Waals surface area contributed by atoms with Crippen molar-refractivity contribution in [1.29, 1.82) is 0 Å². The van der Waals surface area contributed by atoms with Crippen LogP contribution in [-0.2, 0) is 14.6 Å². The van der Waals surface area contributed by atoms with Gasteiger partial charge < -0.3 is 5.11 Å². The van der Waals surface area contributed by atoms with Crippen molar-refractivity contribution in [3.05, 3.63) is 0 Å². The Bertz CT molecular complexity index is 418. The zero-order chi connectivity index (χ0) is 13.4. The van der Waals surface area contributed by atoms with Crippen molar-refractivity contribution in [2.24, 2.45) is 0 Å². The maximum atomic E-state index is 11.4. The van der Waals surface area contributed by atoms with Crippen molar-refractivity contribution in [2.75, 3.05) is 31.1 Å². The molecule has 0 amide bonds. The summed E-state index contributed by atoms with van der Waals surface area (Å²) in [7, 11) is -2.91. The second-order valence-electron chi connectivity index (χ2n) is 5.48. The minimum atomic E-state index is -2.91. The molecular formula is C11H20N2O4S. The second kappa shape index (κ2) is 4.79. The summed E-state index contributed by atoms with van der Waals surface area (Å²) in [5.74, 6) is -0.610. The molecule has 0 aromatic rings. The zero-order valence-electron chi connectivity index (χ0n) is 10.6. The van der Waals surface area contributed by atoms with Crippen LogP contribution in [0.1, 0.15) is 19.8 Å². The van der Waals surface area contributed by atoms with Crippen LogP contribution in [0.2, 0.25) is 0 Å². The van der Waals surface area contributed by atoms with Crippen LogP contribution in [0, 0.1) is 0 Å². The van der Waals surface area contributed by atoms with Gasteiger partial charge in [-0.2, -0.15) is 0 Å². The van der Waals surface area contributed by atoms with Gasteiger partial charge >= 0.3 is 5.97 Å². The molecule has 0 radical (unpaired) electrons. The normalized spacial score (nSPS) is 27.6. The number of carboxylic acid groups (broad SMARTS) is 1. The topological polar surface area (TPSA) is 86.7 Å². The molecule has 1 unspecified atom stereocenters. The maximum absolute atomic E-state index is 11.4. The third-order valence-electron chi connectivity index (χ3n) is 3.55. The summed E-state index contributed by atoms with van der Waals surface area (Å²) in [6.07, 6.45) is 2.05. The number of nitrogens with one attached hydrogen (secondary N) is 1. The van der Waals surface area contributed by atoms with Gasteiger partial charge in [0, 0.05) is 25.7 Å².